The largest absolute Gasteiger partial charge is 0.449 e. The van der Waals surface area contributed by atoms with Crippen LogP contribution in [0.4, 0.5) is 16.2 Å². The van der Waals surface area contributed by atoms with Crippen LogP contribution in [0.5, 0.6) is 0 Å². The summed E-state index contributed by atoms with van der Waals surface area (Å²) < 4.78 is 4.81. The zero-order valence-electron chi connectivity index (χ0n) is 13.5. The Morgan fingerprint density at radius 1 is 1.48 bits per heavy atom. The van der Waals surface area contributed by atoms with E-state index in [1.165, 1.54) is 24.3 Å². The van der Waals surface area contributed by atoms with Crippen LogP contribution in [0.25, 0.3) is 0 Å². The zero-order valence-corrected chi connectivity index (χ0v) is 13.5. The van der Waals surface area contributed by atoms with E-state index in [4.69, 9.17) is 15.7 Å². The number of amides is 2. The van der Waals surface area contributed by atoms with Crippen LogP contribution in [-0.4, -0.2) is 41.5 Å². The van der Waals surface area contributed by atoms with Gasteiger partial charge in [-0.25, -0.2) is 4.79 Å². The van der Waals surface area contributed by atoms with Crippen LogP contribution in [-0.2, 0) is 9.53 Å². The molecule has 10 heteroatoms. The van der Waals surface area contributed by atoms with Gasteiger partial charge < -0.3 is 15.8 Å². The van der Waals surface area contributed by atoms with E-state index >= 15 is 0 Å². The average Bonchev–Trinajstić information content (AvgIpc) is 2.58. The van der Waals surface area contributed by atoms with Gasteiger partial charge in [0.25, 0.3) is 11.6 Å². The van der Waals surface area contributed by atoms with Crippen LogP contribution in [0.3, 0.4) is 0 Å². The number of ether oxygens (including phenoxy) is 1. The lowest BCUT2D eigenvalue weighted by Crippen LogP contribution is -2.32. The molecule has 0 bridgehead atoms. The van der Waals surface area contributed by atoms with E-state index < -0.39 is 22.5 Å². The van der Waals surface area contributed by atoms with Crippen molar-refractivity contribution in [2.24, 2.45) is 5.73 Å². The molecule has 10 nitrogen and oxygen atoms in total. The second kappa shape index (κ2) is 9.64. The molecule has 0 saturated carbocycles. The standard InChI is InChI=1S/C15H17N5O5/c1-2-25-15(22)19(8-7-16)10-11(9-17)14(21)18-12-5-3-4-6-13(12)20(23)24/h3-6,10H,2,7-8,16H2,1H3,(H,18,21)/b11-10-. The third-order valence-electron chi connectivity index (χ3n) is 2.87. The Bertz CT molecular complexity index is 725. The van der Waals surface area contributed by atoms with Crippen molar-refractivity contribution >= 4 is 23.4 Å². The van der Waals surface area contributed by atoms with E-state index in [0.717, 1.165) is 11.1 Å². The molecule has 0 aliphatic rings. The van der Waals surface area contributed by atoms with Crippen LogP contribution >= 0.6 is 0 Å². The number of hydrogen-bond acceptors (Lipinski definition) is 7. The van der Waals surface area contributed by atoms with Crippen LogP contribution in [0.2, 0.25) is 0 Å². The van der Waals surface area contributed by atoms with Gasteiger partial charge in [-0.15, -0.1) is 0 Å². The van der Waals surface area contributed by atoms with Gasteiger partial charge in [0.2, 0.25) is 0 Å². The second-order valence-electron chi connectivity index (χ2n) is 4.56. The topological polar surface area (TPSA) is 152 Å². The molecule has 0 atom stereocenters. The highest BCUT2D eigenvalue weighted by Gasteiger charge is 2.19. The van der Waals surface area contributed by atoms with Crippen LogP contribution in [0, 0.1) is 21.4 Å². The van der Waals surface area contributed by atoms with Crippen molar-refractivity contribution in [1.82, 2.24) is 4.90 Å². The first kappa shape index (κ1) is 19.6. The predicted octanol–water partition coefficient (Wildman–Crippen LogP) is 1.36. The minimum Gasteiger partial charge on any atom is -0.449 e. The fraction of sp³-hybridized carbons (Fsp3) is 0.267. The maximum atomic E-state index is 12.2. The Balaban J connectivity index is 3.06. The summed E-state index contributed by atoms with van der Waals surface area (Å²) in [6, 6.07) is 7.13. The number of nitrogens with two attached hydrogens (primary N) is 1. The minimum absolute atomic E-state index is 0.0305. The molecule has 0 spiro atoms. The van der Waals surface area contributed by atoms with Gasteiger partial charge in [-0.05, 0) is 13.0 Å². The summed E-state index contributed by atoms with van der Waals surface area (Å²) in [4.78, 5) is 35.3. The van der Waals surface area contributed by atoms with E-state index in [-0.39, 0.29) is 31.1 Å². The number of nitrogens with zero attached hydrogens (tertiary/aromatic N) is 3. The van der Waals surface area contributed by atoms with Gasteiger partial charge in [0.1, 0.15) is 17.3 Å². The summed E-state index contributed by atoms with van der Waals surface area (Å²) in [5, 5.41) is 22.4. The number of carbonyl (C=O) groups excluding carboxylic acids is 2. The highest BCUT2D eigenvalue weighted by Crippen LogP contribution is 2.23. The zero-order chi connectivity index (χ0) is 18.8. The van der Waals surface area contributed by atoms with Gasteiger partial charge in [-0.1, -0.05) is 12.1 Å². The van der Waals surface area contributed by atoms with Crippen molar-refractivity contribution in [3.8, 4) is 6.07 Å². The smallest absolute Gasteiger partial charge is 0.413 e. The number of rotatable bonds is 7. The lowest BCUT2D eigenvalue weighted by molar-refractivity contribution is -0.383. The van der Waals surface area contributed by atoms with Gasteiger partial charge in [0.15, 0.2) is 0 Å². The summed E-state index contributed by atoms with van der Waals surface area (Å²) in [7, 11) is 0. The molecule has 1 aromatic carbocycles. The van der Waals surface area contributed by atoms with Gasteiger partial charge in [0.05, 0.1) is 11.5 Å². The third-order valence-corrected chi connectivity index (χ3v) is 2.87. The lowest BCUT2D eigenvalue weighted by atomic mass is 10.2. The Morgan fingerprint density at radius 2 is 2.16 bits per heavy atom. The molecular weight excluding hydrogens is 330 g/mol. The summed E-state index contributed by atoms with van der Waals surface area (Å²) in [5.41, 5.74) is 4.57. The fourth-order valence-corrected chi connectivity index (χ4v) is 1.78. The first-order valence-electron chi connectivity index (χ1n) is 7.24. The van der Waals surface area contributed by atoms with E-state index in [2.05, 4.69) is 5.32 Å². The number of benzene rings is 1. The highest BCUT2D eigenvalue weighted by molar-refractivity contribution is 6.07. The molecule has 0 radical (unpaired) electrons. The molecule has 0 aromatic heterocycles. The summed E-state index contributed by atoms with van der Waals surface area (Å²) in [6.07, 6.45) is 0.230. The number of nitro benzene ring substituents is 1. The summed E-state index contributed by atoms with van der Waals surface area (Å²) in [6.45, 7) is 1.83. The van der Waals surface area contributed by atoms with Gasteiger partial charge in [0, 0.05) is 25.4 Å². The molecular formula is C15H17N5O5. The maximum absolute atomic E-state index is 12.2. The maximum Gasteiger partial charge on any atom is 0.413 e. The molecule has 0 unspecified atom stereocenters. The van der Waals surface area contributed by atoms with Crippen molar-refractivity contribution < 1.29 is 19.2 Å². The number of nitro groups is 1. The van der Waals surface area contributed by atoms with Crippen LogP contribution in [0.15, 0.2) is 36.0 Å². The molecule has 0 aliphatic carbocycles. The van der Waals surface area contributed by atoms with E-state index in [9.17, 15) is 19.7 Å². The molecule has 1 rings (SSSR count). The Morgan fingerprint density at radius 3 is 2.72 bits per heavy atom. The minimum atomic E-state index is -0.900. The molecule has 25 heavy (non-hydrogen) atoms. The number of para-hydroxylation sites is 2. The lowest BCUT2D eigenvalue weighted by Gasteiger charge is -2.17. The van der Waals surface area contributed by atoms with Crippen molar-refractivity contribution in [2.75, 3.05) is 25.0 Å². The SMILES string of the molecule is CCOC(=O)N(/C=C(/C#N)C(=O)Nc1ccccc1[N+](=O)[O-])CCN. The van der Waals surface area contributed by atoms with Crippen molar-refractivity contribution in [1.29, 1.82) is 5.26 Å². The molecule has 132 valence electrons. The number of hydrogen-bond donors (Lipinski definition) is 2. The molecule has 0 aliphatic heterocycles. The molecule has 0 heterocycles. The van der Waals surface area contributed by atoms with Gasteiger partial charge >= 0.3 is 6.09 Å². The summed E-state index contributed by atoms with van der Waals surface area (Å²) >= 11 is 0. The quantitative estimate of drug-likeness (QED) is 0.327. The third kappa shape index (κ3) is 5.60. The first-order chi connectivity index (χ1) is 11.9. The molecule has 1 aromatic rings. The fourth-order valence-electron chi connectivity index (χ4n) is 1.78. The highest BCUT2D eigenvalue weighted by atomic mass is 16.6. The van der Waals surface area contributed by atoms with Gasteiger partial charge in [-0.3, -0.25) is 19.8 Å². The predicted molar refractivity (Wildman–Crippen MR) is 88.2 cm³/mol. The molecule has 0 fully saturated rings. The first-order valence-corrected chi connectivity index (χ1v) is 7.24. The normalized spacial score (nSPS) is 10.5. The Labute approximate surface area is 143 Å². The van der Waals surface area contributed by atoms with Crippen molar-refractivity contribution in [3.05, 3.63) is 46.2 Å². The average molecular weight is 347 g/mol. The van der Waals surface area contributed by atoms with Gasteiger partial charge in [-0.2, -0.15) is 5.26 Å². The molecule has 2 amide bonds. The van der Waals surface area contributed by atoms with Crippen molar-refractivity contribution in [3.63, 3.8) is 0 Å². The number of nitrogens with one attached hydrogen (secondary N) is 1. The Hall–Kier alpha value is -3.45. The second-order valence-corrected chi connectivity index (χ2v) is 4.56. The Kier molecular flexibility index (Phi) is 7.55. The number of carbonyl (C=O) groups is 2. The monoisotopic (exact) mass is 347 g/mol. The summed E-state index contributed by atoms with van der Waals surface area (Å²) in [5.74, 6) is -0.900. The van der Waals surface area contributed by atoms with E-state index in [1.807, 2.05) is 0 Å². The molecule has 0 saturated heterocycles. The van der Waals surface area contributed by atoms with Crippen molar-refractivity contribution in [2.45, 2.75) is 6.92 Å². The van der Waals surface area contributed by atoms with Crippen LogP contribution in [0.1, 0.15) is 6.92 Å². The number of nitriles is 1. The van der Waals surface area contributed by atoms with E-state index in [0.29, 0.717) is 0 Å². The van der Waals surface area contributed by atoms with Crippen LogP contribution < -0.4 is 11.1 Å². The van der Waals surface area contributed by atoms with E-state index in [1.54, 1.807) is 13.0 Å². The molecule has 3 N–H and O–H groups in total. The number of anilines is 1.